The van der Waals surface area contributed by atoms with Crippen molar-refractivity contribution in [2.45, 2.75) is 19.4 Å². The minimum Gasteiger partial charge on any atom is -0.479 e. The first-order valence-corrected chi connectivity index (χ1v) is 6.73. The zero-order valence-corrected chi connectivity index (χ0v) is 10.7. The van der Waals surface area contributed by atoms with Crippen molar-refractivity contribution in [1.82, 2.24) is 0 Å². The molecule has 0 aromatic carbocycles. The average Bonchev–Trinajstić information content (AvgIpc) is 2.65. The summed E-state index contributed by atoms with van der Waals surface area (Å²) in [6.45, 7) is 2.75. The molecule has 1 N–H and O–H groups in total. The minimum atomic E-state index is -3.07. The Balaban J connectivity index is 2.55. The second-order valence-electron chi connectivity index (χ2n) is 3.55. The molecule has 0 aliphatic rings. The van der Waals surface area contributed by atoms with Crippen LogP contribution >= 0.6 is 19.6 Å². The second kappa shape index (κ2) is 5.59. The molecule has 0 saturated carbocycles. The van der Waals surface area contributed by atoms with Crippen LogP contribution in [-0.2, 0) is 13.9 Å². The van der Waals surface area contributed by atoms with Crippen molar-refractivity contribution < 1.29 is 23.5 Å². The molecule has 1 rings (SSSR count). The van der Waals surface area contributed by atoms with E-state index in [-0.39, 0.29) is 5.78 Å². The third-order valence-corrected chi connectivity index (χ3v) is 2.92. The van der Waals surface area contributed by atoms with E-state index in [2.05, 4.69) is 4.52 Å². The first-order chi connectivity index (χ1) is 7.42. The van der Waals surface area contributed by atoms with Gasteiger partial charge in [-0.1, -0.05) is 0 Å². The molecule has 1 unspecified atom stereocenters. The topological polar surface area (TPSA) is 72.8 Å². The highest BCUT2D eigenvalue weighted by Crippen LogP contribution is 2.23. The summed E-state index contributed by atoms with van der Waals surface area (Å²) in [5.74, 6) is 0.214. The quantitative estimate of drug-likeness (QED) is 0.794. The van der Waals surface area contributed by atoms with Crippen LogP contribution < -0.4 is 4.74 Å². The molecule has 7 heteroatoms. The number of carbonyl (C=O) groups is 1. The largest absolute Gasteiger partial charge is 0.479 e. The predicted molar refractivity (Wildman–Crippen MR) is 61.2 cm³/mol. The molecule has 1 heterocycles. The first kappa shape index (κ1) is 13.4. The van der Waals surface area contributed by atoms with Gasteiger partial charge in [-0.05, 0) is 25.3 Å². The van der Waals surface area contributed by atoms with Gasteiger partial charge in [0.2, 0.25) is 5.78 Å². The molecule has 0 radical (unpaired) electrons. The number of ether oxygens (including phenoxy) is 1. The minimum absolute atomic E-state index is 0.383. The van der Waals surface area contributed by atoms with Crippen molar-refractivity contribution in [3.63, 3.8) is 0 Å². The summed E-state index contributed by atoms with van der Waals surface area (Å²) in [5.41, 5.74) is -1.07. The molecule has 16 heavy (non-hydrogen) atoms. The normalized spacial score (nSPS) is 13.4. The zero-order valence-electron chi connectivity index (χ0n) is 8.93. The van der Waals surface area contributed by atoms with Gasteiger partial charge in [0.1, 0.15) is 12.4 Å². The summed E-state index contributed by atoms with van der Waals surface area (Å²) in [6, 6.07) is 1.75. The Morgan fingerprint density at radius 2 is 2.31 bits per heavy atom. The van der Waals surface area contributed by atoms with Crippen molar-refractivity contribution >= 4 is 25.4 Å². The third-order valence-electron chi connectivity index (χ3n) is 1.87. The smallest absolute Gasteiger partial charge is 0.317 e. The van der Waals surface area contributed by atoms with Crippen LogP contribution in [0.5, 0.6) is 5.75 Å². The third kappa shape index (κ3) is 4.06. The number of ketones is 1. The van der Waals surface area contributed by atoms with Crippen LogP contribution in [-0.4, -0.2) is 22.9 Å². The molecule has 1 atom stereocenters. The summed E-state index contributed by atoms with van der Waals surface area (Å²) in [6.07, 6.45) is 0. The van der Waals surface area contributed by atoms with Gasteiger partial charge < -0.3 is 14.2 Å². The van der Waals surface area contributed by atoms with E-state index in [1.165, 1.54) is 11.3 Å². The summed E-state index contributed by atoms with van der Waals surface area (Å²) >= 11 is 1.46. The van der Waals surface area contributed by atoms with Gasteiger partial charge in [-0.2, -0.15) is 0 Å². The Morgan fingerprint density at radius 3 is 2.81 bits per heavy atom. The van der Waals surface area contributed by atoms with Crippen LogP contribution in [0.15, 0.2) is 16.8 Å². The predicted octanol–water partition coefficient (Wildman–Crippen LogP) is 1.87. The van der Waals surface area contributed by atoms with Crippen molar-refractivity contribution in [3.05, 3.63) is 16.8 Å². The van der Waals surface area contributed by atoms with Gasteiger partial charge in [0.15, 0.2) is 5.60 Å². The Labute approximate surface area is 98.0 Å². The molecule has 0 fully saturated rings. The maximum atomic E-state index is 11.6. The molecule has 1 aromatic heterocycles. The molecule has 0 bridgehead atoms. The van der Waals surface area contributed by atoms with Crippen LogP contribution in [0.25, 0.3) is 0 Å². The van der Waals surface area contributed by atoms with Gasteiger partial charge in [0.25, 0.3) is 0 Å². The zero-order chi connectivity index (χ0) is 12.2. The fourth-order valence-electron chi connectivity index (χ4n) is 0.963. The van der Waals surface area contributed by atoms with Crippen LogP contribution in [0, 0.1) is 0 Å². The number of rotatable bonds is 6. The van der Waals surface area contributed by atoms with E-state index in [0.29, 0.717) is 5.75 Å². The van der Waals surface area contributed by atoms with Crippen LogP contribution in [0.1, 0.15) is 13.8 Å². The van der Waals surface area contributed by atoms with Gasteiger partial charge in [-0.3, -0.25) is 9.36 Å². The molecule has 0 spiro atoms. The van der Waals surface area contributed by atoms with Gasteiger partial charge in [0, 0.05) is 5.38 Å². The maximum Gasteiger partial charge on any atom is 0.317 e. The highest BCUT2D eigenvalue weighted by atomic mass is 32.1. The van der Waals surface area contributed by atoms with Gasteiger partial charge in [-0.15, -0.1) is 11.3 Å². The van der Waals surface area contributed by atoms with Crippen LogP contribution in [0.2, 0.25) is 0 Å². The summed E-state index contributed by atoms with van der Waals surface area (Å²) in [4.78, 5) is 20.1. The molecular weight excluding hydrogens is 251 g/mol. The molecule has 90 valence electrons. The SMILES string of the molecule is CC(C)(Oc1ccsc1)C(=O)CO[PH](=O)O. The highest BCUT2D eigenvalue weighted by Gasteiger charge is 2.30. The van der Waals surface area contributed by atoms with Gasteiger partial charge in [0.05, 0.1) is 0 Å². The van der Waals surface area contributed by atoms with E-state index in [0.717, 1.165) is 0 Å². The Bertz CT molecular complexity index is 373. The van der Waals surface area contributed by atoms with E-state index >= 15 is 0 Å². The number of hydrogen-bond donors (Lipinski definition) is 1. The van der Waals surface area contributed by atoms with E-state index in [1.807, 2.05) is 5.38 Å². The van der Waals surface area contributed by atoms with Crippen molar-refractivity contribution in [2.24, 2.45) is 0 Å². The lowest BCUT2D eigenvalue weighted by atomic mass is 10.0. The number of carbonyl (C=O) groups excluding carboxylic acids is 1. The number of thiophene rings is 1. The van der Waals surface area contributed by atoms with Crippen molar-refractivity contribution in [3.8, 4) is 5.75 Å². The molecular formula is C9H13O5PS. The molecule has 0 saturated heterocycles. The van der Waals surface area contributed by atoms with Gasteiger partial charge in [-0.25, -0.2) is 0 Å². The summed E-state index contributed by atoms with van der Waals surface area (Å²) < 4.78 is 20.1. The molecule has 0 aliphatic carbocycles. The Morgan fingerprint density at radius 1 is 1.62 bits per heavy atom. The molecule has 1 aromatic rings. The first-order valence-electron chi connectivity index (χ1n) is 4.52. The van der Waals surface area contributed by atoms with Crippen molar-refractivity contribution in [2.75, 3.05) is 6.61 Å². The summed E-state index contributed by atoms with van der Waals surface area (Å²) in [7, 11) is -3.07. The Kier molecular flexibility index (Phi) is 4.68. The van der Waals surface area contributed by atoms with E-state index in [9.17, 15) is 9.36 Å². The van der Waals surface area contributed by atoms with E-state index in [1.54, 1.807) is 25.3 Å². The number of Topliss-reactive ketones (excluding diaryl/α,β-unsaturated/α-hetero) is 1. The summed E-state index contributed by atoms with van der Waals surface area (Å²) in [5, 5.41) is 3.60. The lowest BCUT2D eigenvalue weighted by Crippen LogP contribution is -2.40. The standard InChI is InChI=1S/C9H13O5PS/c1-9(2,8(10)5-13-15(11)12)14-7-3-4-16-6-7/h3-4,6,15H,5H2,1-2H3,(H,11,12). The highest BCUT2D eigenvalue weighted by molar-refractivity contribution is 7.32. The van der Waals surface area contributed by atoms with Gasteiger partial charge >= 0.3 is 8.25 Å². The fraction of sp³-hybridized carbons (Fsp3) is 0.444. The van der Waals surface area contributed by atoms with Crippen LogP contribution in [0.3, 0.4) is 0 Å². The second-order valence-corrected chi connectivity index (χ2v) is 5.15. The van der Waals surface area contributed by atoms with Crippen molar-refractivity contribution in [1.29, 1.82) is 0 Å². The molecule has 5 nitrogen and oxygen atoms in total. The van der Waals surface area contributed by atoms with E-state index < -0.39 is 20.5 Å². The molecule has 0 aliphatic heterocycles. The average molecular weight is 264 g/mol. The number of hydrogen-bond acceptors (Lipinski definition) is 5. The van der Waals surface area contributed by atoms with E-state index in [4.69, 9.17) is 9.63 Å². The fourth-order valence-corrected chi connectivity index (χ4v) is 1.77. The molecule has 0 amide bonds. The maximum absolute atomic E-state index is 11.6. The lowest BCUT2D eigenvalue weighted by Gasteiger charge is -2.23. The monoisotopic (exact) mass is 264 g/mol. The lowest BCUT2D eigenvalue weighted by molar-refractivity contribution is -0.134. The Hall–Kier alpha value is -0.680. The van der Waals surface area contributed by atoms with Crippen LogP contribution in [0.4, 0.5) is 0 Å².